The summed E-state index contributed by atoms with van der Waals surface area (Å²) in [5, 5.41) is 28.3. The van der Waals surface area contributed by atoms with Crippen molar-refractivity contribution in [3.05, 3.63) is 34.4 Å². The lowest BCUT2D eigenvalue weighted by atomic mass is 9.75. The van der Waals surface area contributed by atoms with Gasteiger partial charge >= 0.3 is 0 Å². The summed E-state index contributed by atoms with van der Waals surface area (Å²) >= 11 is 6.51. The number of carbonyl (C=O) groups excluding carboxylic acids is 2. The van der Waals surface area contributed by atoms with Gasteiger partial charge in [0, 0.05) is 18.4 Å². The third kappa shape index (κ3) is 2.73. The third-order valence-corrected chi connectivity index (χ3v) is 5.66. The van der Waals surface area contributed by atoms with Gasteiger partial charge in [0.1, 0.15) is 16.9 Å². The van der Waals surface area contributed by atoms with E-state index in [1.807, 2.05) is 0 Å². The second-order valence-electron chi connectivity index (χ2n) is 7.88. The maximum atomic E-state index is 13.4. The summed E-state index contributed by atoms with van der Waals surface area (Å²) in [5.74, 6) is -1.84. The number of aliphatic hydroxyl groups is 1. The van der Waals surface area contributed by atoms with Crippen LogP contribution in [-0.2, 0) is 15.1 Å². The lowest BCUT2D eigenvalue weighted by molar-refractivity contribution is -0.118. The molecule has 2 atom stereocenters. The monoisotopic (exact) mass is 434 g/mol. The highest BCUT2D eigenvalue weighted by Gasteiger charge is 2.59. The zero-order valence-electron chi connectivity index (χ0n) is 16.6. The molecule has 1 spiro atoms. The van der Waals surface area contributed by atoms with Gasteiger partial charge in [-0.3, -0.25) is 9.59 Å². The molecule has 158 valence electrons. The van der Waals surface area contributed by atoms with Gasteiger partial charge in [0.15, 0.2) is 17.3 Å². The Labute approximate surface area is 176 Å². The summed E-state index contributed by atoms with van der Waals surface area (Å²) in [6, 6.07) is 1.22. The number of ether oxygens (including phenoxy) is 2. The van der Waals surface area contributed by atoms with E-state index in [1.165, 1.54) is 33.1 Å². The molecule has 10 heteroatoms. The number of hydrogen-bond acceptors (Lipinski definition) is 9. The van der Waals surface area contributed by atoms with E-state index in [0.717, 1.165) is 0 Å². The fourth-order valence-corrected chi connectivity index (χ4v) is 4.03. The number of phenolic OH excluding ortho intramolecular Hbond substituents is 1. The van der Waals surface area contributed by atoms with E-state index < -0.39 is 28.7 Å². The molecular formula is C20H19ClN2O7. The Kier molecular flexibility index (Phi) is 4.44. The minimum Gasteiger partial charge on any atom is -0.507 e. The Balaban J connectivity index is 1.87. The number of benzene rings is 1. The van der Waals surface area contributed by atoms with Crippen LogP contribution in [0.2, 0.25) is 5.02 Å². The topological polar surface area (TPSA) is 132 Å². The molecule has 0 saturated carbocycles. The van der Waals surface area contributed by atoms with Crippen molar-refractivity contribution in [1.29, 1.82) is 0 Å². The van der Waals surface area contributed by atoms with E-state index in [-0.39, 0.29) is 51.6 Å². The lowest BCUT2D eigenvalue weighted by Gasteiger charge is -2.36. The number of ketones is 2. The second kappa shape index (κ2) is 6.55. The van der Waals surface area contributed by atoms with Crippen molar-refractivity contribution in [3.8, 4) is 23.0 Å². The van der Waals surface area contributed by atoms with E-state index in [0.29, 0.717) is 0 Å². The quantitative estimate of drug-likeness (QED) is 0.748. The molecule has 0 bridgehead atoms. The van der Waals surface area contributed by atoms with Gasteiger partial charge in [0.05, 0.1) is 17.7 Å². The van der Waals surface area contributed by atoms with Crippen LogP contribution in [0.25, 0.3) is 11.5 Å². The predicted molar refractivity (Wildman–Crippen MR) is 103 cm³/mol. The van der Waals surface area contributed by atoms with Crippen molar-refractivity contribution in [2.75, 3.05) is 7.11 Å². The second-order valence-corrected chi connectivity index (χ2v) is 8.26. The normalized spacial score (nSPS) is 23.4. The molecule has 9 nitrogen and oxygen atoms in total. The molecule has 0 fully saturated rings. The van der Waals surface area contributed by atoms with Crippen molar-refractivity contribution in [3.63, 3.8) is 0 Å². The fourth-order valence-electron chi connectivity index (χ4n) is 3.76. The molecular weight excluding hydrogens is 416 g/mol. The molecule has 1 aromatic carbocycles. The smallest absolute Gasteiger partial charge is 0.249 e. The number of aromatic nitrogens is 2. The summed E-state index contributed by atoms with van der Waals surface area (Å²) in [4.78, 5) is 25.3. The van der Waals surface area contributed by atoms with Gasteiger partial charge in [-0.15, -0.1) is 10.2 Å². The predicted octanol–water partition coefficient (Wildman–Crippen LogP) is 2.78. The largest absolute Gasteiger partial charge is 0.507 e. The van der Waals surface area contributed by atoms with Gasteiger partial charge in [-0.25, -0.2) is 0 Å². The van der Waals surface area contributed by atoms with Crippen molar-refractivity contribution in [2.24, 2.45) is 5.92 Å². The molecule has 1 aliphatic heterocycles. The van der Waals surface area contributed by atoms with E-state index in [9.17, 15) is 19.8 Å². The summed E-state index contributed by atoms with van der Waals surface area (Å²) in [7, 11) is 1.34. The van der Waals surface area contributed by atoms with Crippen LogP contribution in [-0.4, -0.2) is 44.7 Å². The molecule has 30 heavy (non-hydrogen) atoms. The number of hydrogen-bond donors (Lipinski definition) is 2. The molecule has 4 rings (SSSR count). The maximum absolute atomic E-state index is 13.4. The van der Waals surface area contributed by atoms with Crippen LogP contribution in [0.5, 0.6) is 11.5 Å². The van der Waals surface area contributed by atoms with Crippen molar-refractivity contribution in [1.82, 2.24) is 10.2 Å². The highest BCUT2D eigenvalue weighted by molar-refractivity contribution is 6.36. The zero-order valence-corrected chi connectivity index (χ0v) is 17.4. The maximum Gasteiger partial charge on any atom is 0.249 e. The van der Waals surface area contributed by atoms with Gasteiger partial charge in [-0.1, -0.05) is 18.5 Å². The van der Waals surface area contributed by atoms with Crippen molar-refractivity contribution in [2.45, 2.75) is 38.4 Å². The number of methoxy groups -OCH3 is 1. The van der Waals surface area contributed by atoms with E-state index >= 15 is 0 Å². The minimum absolute atomic E-state index is 0.0291. The molecule has 0 unspecified atom stereocenters. The van der Waals surface area contributed by atoms with E-state index in [2.05, 4.69) is 10.2 Å². The Morgan fingerprint density at radius 2 is 2.03 bits per heavy atom. The Morgan fingerprint density at radius 3 is 2.63 bits per heavy atom. The lowest BCUT2D eigenvalue weighted by Crippen LogP contribution is -2.51. The van der Waals surface area contributed by atoms with Crippen LogP contribution < -0.4 is 4.74 Å². The van der Waals surface area contributed by atoms with Crippen molar-refractivity contribution < 1.29 is 33.7 Å². The molecule has 1 aromatic heterocycles. The summed E-state index contributed by atoms with van der Waals surface area (Å²) in [6.07, 6.45) is 1.29. The number of Topliss-reactive ketones (excluding diaryl/α,β-unsaturated/α-hetero) is 1. The summed E-state index contributed by atoms with van der Waals surface area (Å²) in [6.45, 7) is 4.64. The first-order valence-corrected chi connectivity index (χ1v) is 9.53. The van der Waals surface area contributed by atoms with Crippen LogP contribution in [0.1, 0.15) is 43.4 Å². The molecule has 1 aliphatic carbocycles. The van der Waals surface area contributed by atoms with Crippen molar-refractivity contribution >= 4 is 23.2 Å². The SMILES string of the molecule is COC1=CC(=O)C[C@@H](C)[C@]12Oc1c(Cl)c(-c3nnc(C(C)(C)O)o3)cc(O)c1C2=O. The number of allylic oxidation sites excluding steroid dienone is 1. The molecule has 2 N–H and O–H groups in total. The van der Waals surface area contributed by atoms with Crippen LogP contribution >= 0.6 is 11.6 Å². The number of phenols is 1. The van der Waals surface area contributed by atoms with Crippen LogP contribution in [0, 0.1) is 5.92 Å². The molecule has 2 aromatic rings. The first kappa shape index (κ1) is 20.4. The van der Waals surface area contributed by atoms with Gasteiger partial charge in [0.25, 0.3) is 0 Å². The Bertz CT molecular complexity index is 1120. The number of rotatable bonds is 3. The summed E-state index contributed by atoms with van der Waals surface area (Å²) < 4.78 is 16.8. The third-order valence-electron chi connectivity index (χ3n) is 5.29. The van der Waals surface area contributed by atoms with Crippen LogP contribution in [0.3, 0.4) is 0 Å². The first-order chi connectivity index (χ1) is 14.0. The molecule has 0 radical (unpaired) electrons. The number of aromatic hydroxyl groups is 1. The minimum atomic E-state index is -1.61. The van der Waals surface area contributed by atoms with Gasteiger partial charge in [-0.2, -0.15) is 0 Å². The number of carbonyl (C=O) groups is 2. The van der Waals surface area contributed by atoms with E-state index in [4.69, 9.17) is 25.5 Å². The van der Waals surface area contributed by atoms with Gasteiger partial charge in [-0.05, 0) is 19.9 Å². The first-order valence-electron chi connectivity index (χ1n) is 9.15. The van der Waals surface area contributed by atoms with Gasteiger partial charge in [0.2, 0.25) is 23.2 Å². The van der Waals surface area contributed by atoms with Gasteiger partial charge < -0.3 is 24.1 Å². The number of halogens is 1. The fraction of sp³-hybridized carbons (Fsp3) is 0.400. The summed E-state index contributed by atoms with van der Waals surface area (Å²) in [5.41, 5.74) is -2.98. The highest BCUT2D eigenvalue weighted by Crippen LogP contribution is 2.54. The van der Waals surface area contributed by atoms with E-state index in [1.54, 1.807) is 6.92 Å². The standard InChI is InChI=1S/C20H19ClN2O7/c1-8-5-9(24)6-12(28-4)20(8)16(26)13-11(25)7-10(14(21)15(13)30-20)17-22-23-18(29-17)19(2,3)27/h6-8,25,27H,5H2,1-4H3/t8-,20+/m1/s1. The number of fused-ring (bicyclic) bond motifs is 1. The molecule has 2 aliphatic rings. The number of nitrogens with zero attached hydrogens (tertiary/aromatic N) is 2. The zero-order chi connectivity index (χ0) is 22.0. The molecule has 0 amide bonds. The average molecular weight is 435 g/mol. The average Bonchev–Trinajstić information content (AvgIpc) is 3.26. The Morgan fingerprint density at radius 1 is 1.33 bits per heavy atom. The molecule has 2 heterocycles. The van der Waals surface area contributed by atoms with Crippen LogP contribution in [0.4, 0.5) is 0 Å². The molecule has 0 saturated heterocycles. The Hall–Kier alpha value is -2.91. The highest BCUT2D eigenvalue weighted by atomic mass is 35.5. The van der Waals surface area contributed by atoms with Crippen LogP contribution in [0.15, 0.2) is 22.3 Å².